The lowest BCUT2D eigenvalue weighted by molar-refractivity contribution is -0.139. The number of carbonyl (C=O) groups excluding carboxylic acids is 2. The SMILES string of the molecule is COc1ccc(CN2CC(OCc3ccncc3)CN(C(=O)CCc3cccnc3)CC2=O)cc1. The van der Waals surface area contributed by atoms with Crippen LogP contribution in [0.5, 0.6) is 5.75 Å². The van der Waals surface area contributed by atoms with Crippen molar-refractivity contribution < 1.29 is 19.1 Å². The Morgan fingerprint density at radius 3 is 2.49 bits per heavy atom. The molecule has 1 unspecified atom stereocenters. The molecule has 182 valence electrons. The van der Waals surface area contributed by atoms with Crippen molar-refractivity contribution in [3.63, 3.8) is 0 Å². The quantitative estimate of drug-likeness (QED) is 0.474. The highest BCUT2D eigenvalue weighted by Crippen LogP contribution is 2.17. The molecule has 8 nitrogen and oxygen atoms in total. The Hall–Kier alpha value is -3.78. The zero-order chi connectivity index (χ0) is 24.5. The number of rotatable bonds is 9. The van der Waals surface area contributed by atoms with E-state index in [1.54, 1.807) is 41.7 Å². The van der Waals surface area contributed by atoms with Crippen LogP contribution in [0, 0.1) is 0 Å². The summed E-state index contributed by atoms with van der Waals surface area (Å²) < 4.78 is 11.4. The maximum absolute atomic E-state index is 13.2. The lowest BCUT2D eigenvalue weighted by Gasteiger charge is -2.25. The zero-order valence-electron chi connectivity index (χ0n) is 19.9. The number of aromatic nitrogens is 2. The van der Waals surface area contributed by atoms with Crippen molar-refractivity contribution in [2.24, 2.45) is 0 Å². The molecule has 0 spiro atoms. The minimum Gasteiger partial charge on any atom is -0.497 e. The molecule has 4 rings (SSSR count). The van der Waals surface area contributed by atoms with Crippen molar-refractivity contribution in [3.8, 4) is 5.75 Å². The van der Waals surface area contributed by atoms with Crippen LogP contribution in [0.1, 0.15) is 23.1 Å². The molecule has 1 saturated heterocycles. The van der Waals surface area contributed by atoms with Gasteiger partial charge in [0.15, 0.2) is 0 Å². The lowest BCUT2D eigenvalue weighted by atomic mass is 10.1. The molecule has 1 fully saturated rings. The van der Waals surface area contributed by atoms with Crippen LogP contribution in [0.15, 0.2) is 73.3 Å². The van der Waals surface area contributed by atoms with Gasteiger partial charge in [0.05, 0.1) is 26.4 Å². The van der Waals surface area contributed by atoms with Gasteiger partial charge in [-0.1, -0.05) is 18.2 Å². The van der Waals surface area contributed by atoms with Crippen LogP contribution in [-0.2, 0) is 33.9 Å². The van der Waals surface area contributed by atoms with Crippen LogP contribution < -0.4 is 4.74 Å². The van der Waals surface area contributed by atoms with E-state index in [4.69, 9.17) is 9.47 Å². The van der Waals surface area contributed by atoms with Crippen LogP contribution in [0.3, 0.4) is 0 Å². The fourth-order valence-electron chi connectivity index (χ4n) is 4.03. The second-order valence-electron chi connectivity index (χ2n) is 8.55. The van der Waals surface area contributed by atoms with Gasteiger partial charge < -0.3 is 19.3 Å². The van der Waals surface area contributed by atoms with Crippen LogP contribution in [-0.4, -0.2) is 64.4 Å². The summed E-state index contributed by atoms with van der Waals surface area (Å²) in [6.45, 7) is 1.63. The molecule has 0 saturated carbocycles. The van der Waals surface area contributed by atoms with Gasteiger partial charge in [0.2, 0.25) is 11.8 Å². The summed E-state index contributed by atoms with van der Waals surface area (Å²) in [6, 6.07) is 15.2. The van der Waals surface area contributed by atoms with Crippen LogP contribution in [0.2, 0.25) is 0 Å². The summed E-state index contributed by atoms with van der Waals surface area (Å²) >= 11 is 0. The third kappa shape index (κ3) is 7.10. The van der Waals surface area contributed by atoms with E-state index in [-0.39, 0.29) is 24.5 Å². The Bertz CT molecular complexity index is 1090. The number of aryl methyl sites for hydroxylation is 1. The van der Waals surface area contributed by atoms with E-state index in [0.717, 1.165) is 22.4 Å². The summed E-state index contributed by atoms with van der Waals surface area (Å²) in [6.07, 6.45) is 7.50. The standard InChI is InChI=1S/C27H30N4O4/c1-34-24-7-4-22(5-8-24)16-30-17-25(35-20-23-10-13-28-14-11-23)18-31(19-27(30)33)26(32)9-6-21-3-2-12-29-15-21/h2-5,7-8,10-15,25H,6,9,16-20H2,1H3. The molecule has 0 radical (unpaired) electrons. The number of pyridine rings is 2. The first-order valence-corrected chi connectivity index (χ1v) is 11.7. The Labute approximate surface area is 205 Å². The first-order chi connectivity index (χ1) is 17.1. The molecule has 3 aromatic rings. The molecule has 0 N–H and O–H groups in total. The minimum atomic E-state index is -0.310. The Morgan fingerprint density at radius 1 is 0.971 bits per heavy atom. The van der Waals surface area contributed by atoms with Gasteiger partial charge in [-0.2, -0.15) is 0 Å². The van der Waals surface area contributed by atoms with Crippen molar-refractivity contribution in [2.45, 2.75) is 32.1 Å². The van der Waals surface area contributed by atoms with Gasteiger partial charge in [0, 0.05) is 50.8 Å². The molecular formula is C27H30N4O4. The average Bonchev–Trinajstić information content (AvgIpc) is 3.06. The van der Waals surface area contributed by atoms with E-state index in [2.05, 4.69) is 9.97 Å². The molecule has 0 bridgehead atoms. The van der Waals surface area contributed by atoms with Crippen molar-refractivity contribution in [3.05, 3.63) is 90.0 Å². The van der Waals surface area contributed by atoms with Crippen molar-refractivity contribution >= 4 is 11.8 Å². The van der Waals surface area contributed by atoms with Gasteiger partial charge in [-0.25, -0.2) is 0 Å². The first kappa shape index (κ1) is 24.3. The van der Waals surface area contributed by atoms with Gasteiger partial charge in [-0.15, -0.1) is 0 Å². The molecule has 1 aromatic carbocycles. The molecule has 2 amide bonds. The highest BCUT2D eigenvalue weighted by atomic mass is 16.5. The van der Waals surface area contributed by atoms with Crippen LogP contribution in [0.25, 0.3) is 0 Å². The molecule has 1 aliphatic rings. The summed E-state index contributed by atoms with van der Waals surface area (Å²) in [5.74, 6) is 0.608. The van der Waals surface area contributed by atoms with Gasteiger partial charge in [-0.3, -0.25) is 19.6 Å². The number of amides is 2. The molecular weight excluding hydrogens is 444 g/mol. The van der Waals surface area contributed by atoms with Crippen LogP contribution >= 0.6 is 0 Å². The number of hydrogen-bond donors (Lipinski definition) is 0. The molecule has 1 aliphatic heterocycles. The molecule has 2 aromatic heterocycles. The maximum atomic E-state index is 13.2. The summed E-state index contributed by atoms with van der Waals surface area (Å²) in [5, 5.41) is 0. The second kappa shape index (κ2) is 12.1. The zero-order valence-corrected chi connectivity index (χ0v) is 19.9. The number of ether oxygens (including phenoxy) is 2. The first-order valence-electron chi connectivity index (χ1n) is 11.7. The van der Waals surface area contributed by atoms with E-state index in [1.165, 1.54) is 0 Å². The smallest absolute Gasteiger partial charge is 0.242 e. The predicted molar refractivity (Wildman–Crippen MR) is 130 cm³/mol. The third-order valence-electron chi connectivity index (χ3n) is 6.00. The van der Waals surface area contributed by atoms with E-state index in [1.807, 2.05) is 48.5 Å². The number of carbonyl (C=O) groups is 2. The molecule has 1 atom stereocenters. The number of benzene rings is 1. The summed E-state index contributed by atoms with van der Waals surface area (Å²) in [4.78, 5) is 37.8. The Kier molecular flexibility index (Phi) is 8.40. The molecule has 0 aliphatic carbocycles. The van der Waals surface area contributed by atoms with Gasteiger partial charge in [0.1, 0.15) is 5.75 Å². The fourth-order valence-corrected chi connectivity index (χ4v) is 4.03. The predicted octanol–water partition coefficient (Wildman–Crippen LogP) is 2.87. The normalized spacial score (nSPS) is 16.1. The highest BCUT2D eigenvalue weighted by molar-refractivity contribution is 5.85. The largest absolute Gasteiger partial charge is 0.497 e. The third-order valence-corrected chi connectivity index (χ3v) is 6.00. The summed E-state index contributed by atoms with van der Waals surface area (Å²) in [5.41, 5.74) is 2.98. The fraction of sp³-hybridized carbons (Fsp3) is 0.333. The van der Waals surface area contributed by atoms with E-state index in [9.17, 15) is 9.59 Å². The minimum absolute atomic E-state index is 0.0388. The maximum Gasteiger partial charge on any atom is 0.242 e. The Morgan fingerprint density at radius 2 is 1.77 bits per heavy atom. The van der Waals surface area contributed by atoms with E-state index in [0.29, 0.717) is 39.1 Å². The molecule has 35 heavy (non-hydrogen) atoms. The number of hydrogen-bond acceptors (Lipinski definition) is 6. The van der Waals surface area contributed by atoms with Crippen molar-refractivity contribution in [1.29, 1.82) is 0 Å². The van der Waals surface area contributed by atoms with E-state index >= 15 is 0 Å². The van der Waals surface area contributed by atoms with Gasteiger partial charge in [0.25, 0.3) is 0 Å². The summed E-state index contributed by atoms with van der Waals surface area (Å²) in [7, 11) is 1.62. The topological polar surface area (TPSA) is 84.9 Å². The molecule has 8 heteroatoms. The van der Waals surface area contributed by atoms with Crippen molar-refractivity contribution in [1.82, 2.24) is 19.8 Å². The van der Waals surface area contributed by atoms with Gasteiger partial charge >= 0.3 is 0 Å². The highest BCUT2D eigenvalue weighted by Gasteiger charge is 2.30. The second-order valence-corrected chi connectivity index (χ2v) is 8.55. The Balaban J connectivity index is 1.45. The van der Waals surface area contributed by atoms with Crippen molar-refractivity contribution in [2.75, 3.05) is 26.7 Å². The van der Waals surface area contributed by atoms with E-state index < -0.39 is 0 Å². The lowest BCUT2D eigenvalue weighted by Crippen LogP contribution is -2.39. The van der Waals surface area contributed by atoms with Crippen LogP contribution in [0.4, 0.5) is 0 Å². The monoisotopic (exact) mass is 474 g/mol. The van der Waals surface area contributed by atoms with Gasteiger partial charge in [-0.05, 0) is 53.4 Å². The average molecular weight is 475 g/mol. The molecule has 3 heterocycles. The number of nitrogens with zero attached hydrogens (tertiary/aromatic N) is 4. The number of methoxy groups -OCH3 is 1.